The van der Waals surface area contributed by atoms with Crippen molar-refractivity contribution < 1.29 is 8.42 Å². The highest BCUT2D eigenvalue weighted by atomic mass is 32.2. The molecule has 0 amide bonds. The van der Waals surface area contributed by atoms with Gasteiger partial charge in [0, 0.05) is 38.4 Å². The summed E-state index contributed by atoms with van der Waals surface area (Å²) in [6, 6.07) is 3.94. The summed E-state index contributed by atoms with van der Waals surface area (Å²) in [7, 11) is -3.08. The molecule has 0 radical (unpaired) electrons. The average Bonchev–Trinajstić information content (AvgIpc) is 2.38. The summed E-state index contributed by atoms with van der Waals surface area (Å²) < 4.78 is 24.4. The minimum absolute atomic E-state index is 0.487. The molecule has 7 heteroatoms. The molecule has 0 spiro atoms. The van der Waals surface area contributed by atoms with Crippen LogP contribution < -0.4 is 10.6 Å². The molecule has 1 fully saturated rings. The number of piperazine rings is 1. The summed E-state index contributed by atoms with van der Waals surface area (Å²) in [4.78, 5) is 6.64. The van der Waals surface area contributed by atoms with E-state index in [2.05, 4.69) is 9.88 Å². The molecule has 2 rings (SSSR count). The number of aromatic nitrogens is 1. The second-order valence-corrected chi connectivity index (χ2v) is 6.75. The number of nitrogens with two attached hydrogens (primary N) is 1. The zero-order chi connectivity index (χ0) is 14.0. The first kappa shape index (κ1) is 14.2. The van der Waals surface area contributed by atoms with Gasteiger partial charge in [-0.25, -0.2) is 13.4 Å². The number of sulfonamides is 1. The number of aryl methyl sites for hydroxylation is 1. The summed E-state index contributed by atoms with van der Waals surface area (Å²) in [6.45, 7) is 4.79. The molecule has 19 heavy (non-hydrogen) atoms. The molecule has 1 saturated heterocycles. The fraction of sp³-hybridized carbons (Fsp3) is 0.583. The fourth-order valence-corrected chi connectivity index (χ4v) is 3.04. The molecule has 1 aliphatic rings. The maximum Gasteiger partial charge on any atom is 0.211 e. The van der Waals surface area contributed by atoms with E-state index in [0.717, 1.165) is 17.1 Å². The van der Waals surface area contributed by atoms with Gasteiger partial charge >= 0.3 is 0 Å². The lowest BCUT2D eigenvalue weighted by molar-refractivity contribution is 0.387. The Kier molecular flexibility index (Phi) is 4.07. The van der Waals surface area contributed by atoms with Crippen LogP contribution in [0.15, 0.2) is 12.1 Å². The van der Waals surface area contributed by atoms with Gasteiger partial charge in [0.1, 0.15) is 5.82 Å². The van der Waals surface area contributed by atoms with Gasteiger partial charge in [-0.3, -0.25) is 0 Å². The Morgan fingerprint density at radius 2 is 1.89 bits per heavy atom. The maximum absolute atomic E-state index is 11.4. The van der Waals surface area contributed by atoms with E-state index in [9.17, 15) is 8.42 Å². The van der Waals surface area contributed by atoms with Gasteiger partial charge < -0.3 is 10.6 Å². The van der Waals surface area contributed by atoms with Gasteiger partial charge in [0.25, 0.3) is 0 Å². The van der Waals surface area contributed by atoms with Crippen LogP contribution >= 0.6 is 0 Å². The predicted molar refractivity (Wildman–Crippen MR) is 75.5 cm³/mol. The average molecular weight is 284 g/mol. The van der Waals surface area contributed by atoms with E-state index in [4.69, 9.17) is 5.73 Å². The first-order chi connectivity index (χ1) is 8.91. The van der Waals surface area contributed by atoms with Crippen molar-refractivity contribution >= 4 is 15.8 Å². The van der Waals surface area contributed by atoms with Crippen molar-refractivity contribution in [2.24, 2.45) is 5.73 Å². The summed E-state index contributed by atoms with van der Waals surface area (Å²) >= 11 is 0. The maximum atomic E-state index is 11.4. The highest BCUT2D eigenvalue weighted by molar-refractivity contribution is 7.88. The van der Waals surface area contributed by atoms with Crippen LogP contribution in [0.25, 0.3) is 0 Å². The van der Waals surface area contributed by atoms with Gasteiger partial charge in [0.05, 0.1) is 6.26 Å². The molecular weight excluding hydrogens is 264 g/mol. The van der Waals surface area contributed by atoms with E-state index in [1.807, 2.05) is 19.1 Å². The molecule has 0 atom stereocenters. The molecule has 0 bridgehead atoms. The first-order valence-electron chi connectivity index (χ1n) is 6.28. The first-order valence-corrected chi connectivity index (χ1v) is 8.13. The van der Waals surface area contributed by atoms with Crippen molar-refractivity contribution in [3.63, 3.8) is 0 Å². The third-order valence-corrected chi connectivity index (χ3v) is 4.74. The summed E-state index contributed by atoms with van der Waals surface area (Å²) in [5.74, 6) is 0.892. The van der Waals surface area contributed by atoms with Crippen LogP contribution in [0.5, 0.6) is 0 Å². The highest BCUT2D eigenvalue weighted by Gasteiger charge is 2.24. The molecule has 2 heterocycles. The molecule has 106 valence electrons. The molecule has 6 nitrogen and oxygen atoms in total. The standard InChI is InChI=1S/C12H20N4O2S/c1-10-11(9-13)3-4-12(14-10)15-5-7-16(8-6-15)19(2,17)18/h3-4H,5-9,13H2,1-2H3. The van der Waals surface area contributed by atoms with E-state index < -0.39 is 10.0 Å². The molecule has 0 aromatic carbocycles. The van der Waals surface area contributed by atoms with Crippen molar-refractivity contribution in [2.75, 3.05) is 37.3 Å². The van der Waals surface area contributed by atoms with Crippen molar-refractivity contribution in [1.82, 2.24) is 9.29 Å². The molecular formula is C12H20N4O2S. The highest BCUT2D eigenvalue weighted by Crippen LogP contribution is 2.17. The quantitative estimate of drug-likeness (QED) is 0.840. The molecule has 0 aliphatic carbocycles. The van der Waals surface area contributed by atoms with Gasteiger partial charge in [0.2, 0.25) is 10.0 Å². The van der Waals surface area contributed by atoms with E-state index in [1.165, 1.54) is 10.6 Å². The van der Waals surface area contributed by atoms with E-state index in [1.54, 1.807) is 0 Å². The monoisotopic (exact) mass is 284 g/mol. The topological polar surface area (TPSA) is 79.5 Å². The van der Waals surface area contributed by atoms with Gasteiger partial charge in [-0.05, 0) is 18.6 Å². The van der Waals surface area contributed by atoms with Crippen LogP contribution in [-0.4, -0.2) is 50.1 Å². The zero-order valence-corrected chi connectivity index (χ0v) is 12.2. The Labute approximate surface area is 114 Å². The van der Waals surface area contributed by atoms with E-state index >= 15 is 0 Å². The third kappa shape index (κ3) is 3.23. The number of rotatable bonds is 3. The summed E-state index contributed by atoms with van der Waals surface area (Å²) in [5, 5.41) is 0. The SMILES string of the molecule is Cc1nc(N2CCN(S(C)(=O)=O)CC2)ccc1CN. The Hall–Kier alpha value is -1.18. The molecule has 1 aromatic heterocycles. The Morgan fingerprint density at radius 1 is 1.26 bits per heavy atom. The van der Waals surface area contributed by atoms with Crippen LogP contribution in [0.2, 0.25) is 0 Å². The number of anilines is 1. The van der Waals surface area contributed by atoms with Crippen molar-refractivity contribution in [3.05, 3.63) is 23.4 Å². The number of hydrogen-bond donors (Lipinski definition) is 1. The van der Waals surface area contributed by atoms with E-state index in [-0.39, 0.29) is 0 Å². The Morgan fingerprint density at radius 3 is 2.37 bits per heavy atom. The molecule has 1 aromatic rings. The van der Waals surface area contributed by atoms with Crippen molar-refractivity contribution in [3.8, 4) is 0 Å². The fourth-order valence-electron chi connectivity index (χ4n) is 2.22. The number of nitrogens with zero attached hydrogens (tertiary/aromatic N) is 3. The molecule has 2 N–H and O–H groups in total. The minimum Gasteiger partial charge on any atom is -0.354 e. The summed E-state index contributed by atoms with van der Waals surface area (Å²) in [5.41, 5.74) is 7.59. The largest absolute Gasteiger partial charge is 0.354 e. The van der Waals surface area contributed by atoms with Crippen LogP contribution in [0.4, 0.5) is 5.82 Å². The predicted octanol–water partition coefficient (Wildman–Crippen LogP) is -0.0697. The van der Waals surface area contributed by atoms with E-state index in [0.29, 0.717) is 32.7 Å². The van der Waals surface area contributed by atoms with Crippen LogP contribution in [-0.2, 0) is 16.6 Å². The molecule has 0 unspecified atom stereocenters. The van der Waals surface area contributed by atoms with Gasteiger partial charge in [-0.2, -0.15) is 4.31 Å². The van der Waals surface area contributed by atoms with Crippen molar-refractivity contribution in [1.29, 1.82) is 0 Å². The second kappa shape index (κ2) is 5.44. The van der Waals surface area contributed by atoms with Gasteiger partial charge in [-0.15, -0.1) is 0 Å². The second-order valence-electron chi connectivity index (χ2n) is 4.77. The lowest BCUT2D eigenvalue weighted by Gasteiger charge is -2.34. The summed E-state index contributed by atoms with van der Waals surface area (Å²) in [6.07, 6.45) is 1.25. The zero-order valence-electron chi connectivity index (χ0n) is 11.3. The molecule has 0 saturated carbocycles. The van der Waals surface area contributed by atoms with Gasteiger partial charge in [-0.1, -0.05) is 6.07 Å². The smallest absolute Gasteiger partial charge is 0.211 e. The minimum atomic E-state index is -3.08. The van der Waals surface area contributed by atoms with Crippen LogP contribution in [0, 0.1) is 6.92 Å². The van der Waals surface area contributed by atoms with Gasteiger partial charge in [0.15, 0.2) is 0 Å². The van der Waals surface area contributed by atoms with Crippen LogP contribution in [0.3, 0.4) is 0 Å². The molecule has 1 aliphatic heterocycles. The lowest BCUT2D eigenvalue weighted by atomic mass is 10.2. The Bertz CT molecular complexity index is 551. The normalized spacial score (nSPS) is 17.7. The number of pyridine rings is 1. The van der Waals surface area contributed by atoms with Crippen molar-refractivity contribution in [2.45, 2.75) is 13.5 Å². The van der Waals surface area contributed by atoms with Crippen LogP contribution in [0.1, 0.15) is 11.3 Å². The Balaban J connectivity index is 2.08. The lowest BCUT2D eigenvalue weighted by Crippen LogP contribution is -2.48. The third-order valence-electron chi connectivity index (χ3n) is 3.43. The number of hydrogen-bond acceptors (Lipinski definition) is 5.